The normalized spacial score (nSPS) is 11.4. The maximum Gasteiger partial charge on any atom is 0.134 e. The van der Waals surface area contributed by atoms with Gasteiger partial charge in [-0.25, -0.2) is 4.98 Å². The Labute approximate surface area is 204 Å². The van der Waals surface area contributed by atoms with Gasteiger partial charge in [-0.1, -0.05) is 80.4 Å². The van der Waals surface area contributed by atoms with Gasteiger partial charge in [0.2, 0.25) is 0 Å². The molecule has 0 unspecified atom stereocenters. The Morgan fingerprint density at radius 3 is 2.50 bits per heavy atom. The molecule has 166 valence electrons. The lowest BCUT2D eigenvalue weighted by Gasteiger charge is -2.06. The van der Waals surface area contributed by atoms with Gasteiger partial charge in [0.1, 0.15) is 16.8 Å². The zero-order chi connectivity index (χ0) is 22.8. The molecular formula is C26H26Cl2N2OS. The van der Waals surface area contributed by atoms with E-state index in [2.05, 4.69) is 18.0 Å². The van der Waals surface area contributed by atoms with Crippen LogP contribution in [0.15, 0.2) is 47.8 Å². The second kappa shape index (κ2) is 12.6. The van der Waals surface area contributed by atoms with Gasteiger partial charge in [-0.3, -0.25) is 0 Å². The van der Waals surface area contributed by atoms with Crippen LogP contribution >= 0.6 is 34.5 Å². The summed E-state index contributed by atoms with van der Waals surface area (Å²) in [6, 6.07) is 15.5. The Bertz CT molecular complexity index is 1080. The zero-order valence-corrected chi connectivity index (χ0v) is 20.4. The van der Waals surface area contributed by atoms with Crippen molar-refractivity contribution in [3.05, 3.63) is 68.5 Å². The van der Waals surface area contributed by atoms with Crippen molar-refractivity contribution < 1.29 is 4.74 Å². The minimum absolute atomic E-state index is 0.480. The van der Waals surface area contributed by atoms with Crippen LogP contribution in [0.3, 0.4) is 0 Å². The van der Waals surface area contributed by atoms with Crippen molar-refractivity contribution in [3.63, 3.8) is 0 Å². The molecule has 2 aromatic carbocycles. The number of nitriles is 1. The van der Waals surface area contributed by atoms with Crippen LogP contribution in [0, 0.1) is 11.3 Å². The molecule has 0 bridgehead atoms. The minimum Gasteiger partial charge on any atom is -0.494 e. The standard InChI is InChI=1S/C26H26Cl2N2OS/c1-2-3-4-5-6-7-14-31-22-11-8-19(9-12-22)15-21(17-29)26-30-25(18-32-26)20-10-13-23(27)24(28)16-20/h8-13,15-16,18H,2-7,14H2,1H3. The van der Waals surface area contributed by atoms with Crippen molar-refractivity contribution in [2.24, 2.45) is 0 Å². The first-order valence-electron chi connectivity index (χ1n) is 10.9. The van der Waals surface area contributed by atoms with Crippen LogP contribution in [0.1, 0.15) is 56.0 Å². The Morgan fingerprint density at radius 2 is 1.78 bits per heavy atom. The Hall–Kier alpha value is -2.32. The first kappa shape index (κ1) is 24.3. The van der Waals surface area contributed by atoms with Crippen molar-refractivity contribution in [1.29, 1.82) is 5.26 Å². The molecule has 0 saturated carbocycles. The number of rotatable bonds is 11. The van der Waals surface area contributed by atoms with Gasteiger partial charge in [0.05, 0.1) is 27.9 Å². The quantitative estimate of drug-likeness (QED) is 0.201. The first-order chi connectivity index (χ1) is 15.6. The Kier molecular flexibility index (Phi) is 9.62. The summed E-state index contributed by atoms with van der Waals surface area (Å²) in [5, 5.41) is 13.2. The molecule has 1 heterocycles. The van der Waals surface area contributed by atoms with Crippen molar-refractivity contribution in [3.8, 4) is 23.1 Å². The van der Waals surface area contributed by atoms with E-state index in [0.29, 0.717) is 20.6 Å². The van der Waals surface area contributed by atoms with E-state index in [0.717, 1.165) is 35.6 Å². The van der Waals surface area contributed by atoms with E-state index in [1.165, 1.54) is 43.4 Å². The van der Waals surface area contributed by atoms with Crippen LogP contribution in [0.25, 0.3) is 22.9 Å². The summed E-state index contributed by atoms with van der Waals surface area (Å²) in [6.45, 7) is 2.97. The third-order valence-corrected chi connectivity index (χ3v) is 6.64. The van der Waals surface area contributed by atoms with Gasteiger partial charge in [-0.05, 0) is 42.3 Å². The molecule has 0 spiro atoms. The lowest BCUT2D eigenvalue weighted by molar-refractivity contribution is 0.304. The average Bonchev–Trinajstić information content (AvgIpc) is 3.29. The number of nitrogens with zero attached hydrogens (tertiary/aromatic N) is 2. The molecule has 3 aromatic rings. The molecule has 0 aliphatic rings. The van der Waals surface area contributed by atoms with E-state index in [1.807, 2.05) is 41.8 Å². The molecule has 0 saturated heterocycles. The summed E-state index contributed by atoms with van der Waals surface area (Å²) >= 11 is 13.5. The number of benzene rings is 2. The van der Waals surface area contributed by atoms with Crippen molar-refractivity contribution in [2.75, 3.05) is 6.61 Å². The van der Waals surface area contributed by atoms with Gasteiger partial charge in [0.25, 0.3) is 0 Å². The molecule has 6 heteroatoms. The zero-order valence-electron chi connectivity index (χ0n) is 18.1. The molecule has 0 aliphatic heterocycles. The van der Waals surface area contributed by atoms with Gasteiger partial charge in [-0.2, -0.15) is 5.26 Å². The second-order valence-corrected chi connectivity index (χ2v) is 9.19. The number of ether oxygens (including phenoxy) is 1. The van der Waals surface area contributed by atoms with Gasteiger partial charge in [-0.15, -0.1) is 11.3 Å². The Morgan fingerprint density at radius 1 is 1.03 bits per heavy atom. The van der Waals surface area contributed by atoms with Gasteiger partial charge in [0.15, 0.2) is 0 Å². The number of hydrogen-bond acceptors (Lipinski definition) is 4. The molecule has 0 amide bonds. The van der Waals surface area contributed by atoms with E-state index in [4.69, 9.17) is 27.9 Å². The molecule has 0 atom stereocenters. The maximum absolute atomic E-state index is 9.66. The maximum atomic E-state index is 9.66. The molecule has 0 N–H and O–H groups in total. The summed E-state index contributed by atoms with van der Waals surface area (Å²) in [5.41, 5.74) is 3.08. The number of unbranched alkanes of at least 4 members (excludes halogenated alkanes) is 5. The van der Waals surface area contributed by atoms with E-state index in [-0.39, 0.29) is 0 Å². The fourth-order valence-corrected chi connectivity index (χ4v) is 4.32. The van der Waals surface area contributed by atoms with Crippen LogP contribution in [0.2, 0.25) is 10.0 Å². The molecule has 0 radical (unpaired) electrons. The van der Waals surface area contributed by atoms with Gasteiger partial charge >= 0.3 is 0 Å². The van der Waals surface area contributed by atoms with E-state index in [9.17, 15) is 5.26 Å². The van der Waals surface area contributed by atoms with Crippen LogP contribution in [-0.4, -0.2) is 11.6 Å². The fourth-order valence-electron chi connectivity index (χ4n) is 3.23. The SMILES string of the molecule is CCCCCCCCOc1ccc(C=C(C#N)c2nc(-c3ccc(Cl)c(Cl)c3)cs2)cc1. The molecule has 3 rings (SSSR count). The second-order valence-electron chi connectivity index (χ2n) is 7.52. The predicted molar refractivity (Wildman–Crippen MR) is 136 cm³/mol. The summed E-state index contributed by atoms with van der Waals surface area (Å²) in [4.78, 5) is 4.61. The van der Waals surface area contributed by atoms with Crippen LogP contribution in [0.4, 0.5) is 0 Å². The number of hydrogen-bond donors (Lipinski definition) is 0. The molecule has 0 aliphatic carbocycles. The smallest absolute Gasteiger partial charge is 0.134 e. The topological polar surface area (TPSA) is 45.9 Å². The van der Waals surface area contributed by atoms with E-state index >= 15 is 0 Å². The van der Waals surface area contributed by atoms with Gasteiger partial charge in [0, 0.05) is 10.9 Å². The minimum atomic E-state index is 0.480. The van der Waals surface area contributed by atoms with Crippen LogP contribution in [-0.2, 0) is 0 Å². The first-order valence-corrected chi connectivity index (χ1v) is 12.5. The molecule has 32 heavy (non-hydrogen) atoms. The van der Waals surface area contributed by atoms with Crippen molar-refractivity contribution >= 4 is 46.2 Å². The van der Waals surface area contributed by atoms with Crippen molar-refractivity contribution in [2.45, 2.75) is 45.4 Å². The number of thiazole rings is 1. The van der Waals surface area contributed by atoms with E-state index < -0.39 is 0 Å². The highest BCUT2D eigenvalue weighted by Crippen LogP contribution is 2.31. The van der Waals surface area contributed by atoms with Crippen LogP contribution < -0.4 is 4.74 Å². The lowest BCUT2D eigenvalue weighted by atomic mass is 10.1. The summed E-state index contributed by atoms with van der Waals surface area (Å²) < 4.78 is 5.84. The number of allylic oxidation sites excluding steroid dienone is 1. The predicted octanol–water partition coefficient (Wildman–Crippen LogP) is 8.92. The Balaban J connectivity index is 1.60. The number of halogens is 2. The largest absolute Gasteiger partial charge is 0.494 e. The molecule has 3 nitrogen and oxygen atoms in total. The summed E-state index contributed by atoms with van der Waals surface area (Å²) in [6.07, 6.45) is 9.31. The number of aromatic nitrogens is 1. The van der Waals surface area contributed by atoms with Crippen LogP contribution in [0.5, 0.6) is 5.75 Å². The summed E-state index contributed by atoms with van der Waals surface area (Å²) in [7, 11) is 0. The van der Waals surface area contributed by atoms with E-state index in [1.54, 1.807) is 12.1 Å². The third-order valence-electron chi connectivity index (χ3n) is 5.03. The summed E-state index contributed by atoms with van der Waals surface area (Å²) in [5.74, 6) is 0.852. The highest BCUT2D eigenvalue weighted by atomic mass is 35.5. The fraction of sp³-hybridized carbons (Fsp3) is 0.308. The van der Waals surface area contributed by atoms with Gasteiger partial charge < -0.3 is 4.74 Å². The highest BCUT2D eigenvalue weighted by Gasteiger charge is 2.10. The highest BCUT2D eigenvalue weighted by molar-refractivity contribution is 7.11. The van der Waals surface area contributed by atoms with Crippen molar-refractivity contribution in [1.82, 2.24) is 4.98 Å². The molecule has 1 aromatic heterocycles. The monoisotopic (exact) mass is 484 g/mol. The lowest BCUT2D eigenvalue weighted by Crippen LogP contribution is -1.97. The molecule has 0 fully saturated rings. The molecular weight excluding hydrogens is 459 g/mol. The third kappa shape index (κ3) is 7.10. The average molecular weight is 485 g/mol.